The van der Waals surface area contributed by atoms with Crippen LogP contribution in [0, 0.1) is 6.92 Å². The van der Waals surface area contributed by atoms with Gasteiger partial charge in [0.05, 0.1) is 11.6 Å². The fraction of sp³-hybridized carbons (Fsp3) is 0.550. The average molecular weight is 325 g/mol. The van der Waals surface area contributed by atoms with Gasteiger partial charge in [-0.3, -0.25) is 4.98 Å². The van der Waals surface area contributed by atoms with Gasteiger partial charge < -0.3 is 15.0 Å². The Hall–Kier alpha value is -1.65. The van der Waals surface area contributed by atoms with Crippen LogP contribution in [0.2, 0.25) is 0 Å². The summed E-state index contributed by atoms with van der Waals surface area (Å²) in [6, 6.07) is 11.1. The van der Waals surface area contributed by atoms with Crippen LogP contribution in [0.3, 0.4) is 0 Å². The smallest absolute Gasteiger partial charge is 0.0725 e. The SMILES string of the molecule is Cc1cc(NC2CCN(CC3CCCO3)CC2)c2ccccc2n1. The van der Waals surface area contributed by atoms with Crippen molar-refractivity contribution in [2.24, 2.45) is 0 Å². The predicted octanol–water partition coefficient (Wildman–Crippen LogP) is 3.60. The monoisotopic (exact) mass is 325 g/mol. The van der Waals surface area contributed by atoms with Crippen molar-refractivity contribution >= 4 is 16.6 Å². The Labute approximate surface area is 144 Å². The van der Waals surface area contributed by atoms with E-state index in [1.165, 1.54) is 49.8 Å². The largest absolute Gasteiger partial charge is 0.382 e. The molecule has 1 atom stereocenters. The van der Waals surface area contributed by atoms with Crippen molar-refractivity contribution in [2.45, 2.75) is 44.8 Å². The molecule has 128 valence electrons. The van der Waals surface area contributed by atoms with Crippen LogP contribution in [0.1, 0.15) is 31.4 Å². The first-order chi connectivity index (χ1) is 11.8. The molecule has 3 heterocycles. The lowest BCUT2D eigenvalue weighted by Crippen LogP contribution is -2.42. The minimum atomic E-state index is 0.473. The first-order valence-electron chi connectivity index (χ1n) is 9.25. The maximum absolute atomic E-state index is 5.78. The molecule has 0 bridgehead atoms. The van der Waals surface area contributed by atoms with Gasteiger partial charge in [-0.15, -0.1) is 0 Å². The summed E-state index contributed by atoms with van der Waals surface area (Å²) in [5, 5.41) is 5.01. The van der Waals surface area contributed by atoms with Crippen LogP contribution in [0.4, 0.5) is 5.69 Å². The maximum atomic E-state index is 5.78. The molecule has 1 unspecified atom stereocenters. The third-order valence-corrected chi connectivity index (χ3v) is 5.28. The number of anilines is 1. The fourth-order valence-corrected chi connectivity index (χ4v) is 3.98. The number of nitrogens with zero attached hydrogens (tertiary/aromatic N) is 2. The van der Waals surface area contributed by atoms with Crippen molar-refractivity contribution in [3.05, 3.63) is 36.0 Å². The second-order valence-electron chi connectivity index (χ2n) is 7.18. The van der Waals surface area contributed by atoms with E-state index >= 15 is 0 Å². The van der Waals surface area contributed by atoms with E-state index in [0.717, 1.165) is 24.4 Å². The minimum absolute atomic E-state index is 0.473. The zero-order chi connectivity index (χ0) is 16.4. The lowest BCUT2D eigenvalue weighted by atomic mass is 10.0. The minimum Gasteiger partial charge on any atom is -0.382 e. The molecule has 1 aromatic carbocycles. The first kappa shape index (κ1) is 15.9. The molecule has 0 amide bonds. The molecule has 24 heavy (non-hydrogen) atoms. The number of fused-ring (bicyclic) bond motifs is 1. The number of para-hydroxylation sites is 1. The van der Waals surface area contributed by atoms with E-state index in [9.17, 15) is 0 Å². The molecule has 0 aliphatic carbocycles. The number of hydrogen-bond donors (Lipinski definition) is 1. The van der Waals surface area contributed by atoms with Gasteiger partial charge in [0, 0.05) is 49.1 Å². The van der Waals surface area contributed by atoms with Crippen LogP contribution >= 0.6 is 0 Å². The predicted molar refractivity (Wildman–Crippen MR) is 98.5 cm³/mol. The second kappa shape index (κ2) is 7.08. The number of hydrogen-bond acceptors (Lipinski definition) is 4. The van der Waals surface area contributed by atoms with Gasteiger partial charge in [0.15, 0.2) is 0 Å². The molecule has 4 heteroatoms. The Morgan fingerprint density at radius 3 is 2.83 bits per heavy atom. The molecular formula is C20H27N3O. The normalized spacial score (nSPS) is 23.0. The Morgan fingerprint density at radius 2 is 2.04 bits per heavy atom. The zero-order valence-electron chi connectivity index (χ0n) is 14.5. The van der Waals surface area contributed by atoms with Gasteiger partial charge in [0.1, 0.15) is 0 Å². The summed E-state index contributed by atoms with van der Waals surface area (Å²) in [5.41, 5.74) is 3.39. The van der Waals surface area contributed by atoms with Gasteiger partial charge in [0.2, 0.25) is 0 Å². The molecule has 2 aromatic rings. The quantitative estimate of drug-likeness (QED) is 0.932. The van der Waals surface area contributed by atoms with Crippen molar-refractivity contribution in [3.8, 4) is 0 Å². The molecule has 2 aliphatic rings. The number of aryl methyl sites for hydroxylation is 1. The van der Waals surface area contributed by atoms with Gasteiger partial charge in [-0.2, -0.15) is 0 Å². The standard InChI is InChI=1S/C20H27N3O/c1-15-13-20(18-6-2-3-7-19(18)21-15)22-16-8-10-23(11-9-16)14-17-5-4-12-24-17/h2-3,6-7,13,16-17H,4-5,8-12,14H2,1H3,(H,21,22). The summed E-state index contributed by atoms with van der Waals surface area (Å²) in [5.74, 6) is 0. The highest BCUT2D eigenvalue weighted by Gasteiger charge is 2.24. The van der Waals surface area contributed by atoms with Crippen LogP contribution in [-0.2, 0) is 4.74 Å². The van der Waals surface area contributed by atoms with E-state index in [0.29, 0.717) is 12.1 Å². The van der Waals surface area contributed by atoms with Crippen LogP contribution < -0.4 is 5.32 Å². The lowest BCUT2D eigenvalue weighted by Gasteiger charge is -2.34. The zero-order valence-corrected chi connectivity index (χ0v) is 14.5. The molecule has 2 fully saturated rings. The summed E-state index contributed by atoms with van der Waals surface area (Å²) >= 11 is 0. The molecule has 4 rings (SSSR count). The van der Waals surface area contributed by atoms with Crippen molar-refractivity contribution in [2.75, 3.05) is 31.6 Å². The molecule has 1 N–H and O–H groups in total. The summed E-state index contributed by atoms with van der Waals surface area (Å²) in [4.78, 5) is 7.21. The first-order valence-corrected chi connectivity index (χ1v) is 9.25. The molecule has 0 radical (unpaired) electrons. The number of aromatic nitrogens is 1. The maximum Gasteiger partial charge on any atom is 0.0725 e. The van der Waals surface area contributed by atoms with Crippen LogP contribution in [0.25, 0.3) is 10.9 Å². The van der Waals surface area contributed by atoms with Crippen LogP contribution in [-0.4, -0.2) is 48.3 Å². The van der Waals surface area contributed by atoms with E-state index in [-0.39, 0.29) is 0 Å². The Balaban J connectivity index is 1.38. The topological polar surface area (TPSA) is 37.4 Å². The van der Waals surface area contributed by atoms with Gasteiger partial charge >= 0.3 is 0 Å². The van der Waals surface area contributed by atoms with E-state index in [1.54, 1.807) is 0 Å². The van der Waals surface area contributed by atoms with Gasteiger partial charge in [-0.05, 0) is 44.7 Å². The molecule has 2 saturated heterocycles. The molecule has 2 aliphatic heterocycles. The molecule has 0 spiro atoms. The highest BCUT2D eigenvalue weighted by molar-refractivity contribution is 5.91. The molecule has 0 saturated carbocycles. The lowest BCUT2D eigenvalue weighted by molar-refractivity contribution is 0.0654. The van der Waals surface area contributed by atoms with Crippen LogP contribution in [0.5, 0.6) is 0 Å². The van der Waals surface area contributed by atoms with E-state index in [4.69, 9.17) is 4.74 Å². The fourth-order valence-electron chi connectivity index (χ4n) is 3.98. The molecule has 1 aromatic heterocycles. The van der Waals surface area contributed by atoms with E-state index < -0.39 is 0 Å². The van der Waals surface area contributed by atoms with E-state index in [2.05, 4.69) is 52.5 Å². The third-order valence-electron chi connectivity index (χ3n) is 5.28. The Morgan fingerprint density at radius 1 is 1.21 bits per heavy atom. The third kappa shape index (κ3) is 3.55. The number of rotatable bonds is 4. The number of likely N-dealkylation sites (tertiary alicyclic amines) is 1. The summed E-state index contributed by atoms with van der Waals surface area (Å²) in [6.45, 7) is 6.47. The number of ether oxygens (including phenoxy) is 1. The number of nitrogens with one attached hydrogen (secondary N) is 1. The average Bonchev–Trinajstić information content (AvgIpc) is 3.09. The summed E-state index contributed by atoms with van der Waals surface area (Å²) < 4.78 is 5.78. The number of benzene rings is 1. The summed E-state index contributed by atoms with van der Waals surface area (Å²) in [6.07, 6.45) is 5.34. The molecule has 4 nitrogen and oxygen atoms in total. The van der Waals surface area contributed by atoms with Crippen molar-refractivity contribution in [3.63, 3.8) is 0 Å². The van der Waals surface area contributed by atoms with Crippen molar-refractivity contribution in [1.29, 1.82) is 0 Å². The van der Waals surface area contributed by atoms with Crippen LogP contribution in [0.15, 0.2) is 30.3 Å². The van der Waals surface area contributed by atoms with Crippen molar-refractivity contribution in [1.82, 2.24) is 9.88 Å². The van der Waals surface area contributed by atoms with Gasteiger partial charge in [-0.1, -0.05) is 18.2 Å². The Bertz CT molecular complexity index is 688. The highest BCUT2D eigenvalue weighted by Crippen LogP contribution is 2.26. The van der Waals surface area contributed by atoms with E-state index in [1.807, 2.05) is 0 Å². The number of piperidine rings is 1. The molecular weight excluding hydrogens is 298 g/mol. The highest BCUT2D eigenvalue weighted by atomic mass is 16.5. The van der Waals surface area contributed by atoms with Gasteiger partial charge in [-0.25, -0.2) is 0 Å². The van der Waals surface area contributed by atoms with Gasteiger partial charge in [0.25, 0.3) is 0 Å². The second-order valence-corrected chi connectivity index (χ2v) is 7.18. The summed E-state index contributed by atoms with van der Waals surface area (Å²) in [7, 11) is 0. The Kier molecular flexibility index (Phi) is 4.67. The number of pyridine rings is 1. The van der Waals surface area contributed by atoms with Crippen molar-refractivity contribution < 1.29 is 4.74 Å².